The van der Waals surface area contributed by atoms with Gasteiger partial charge in [0.2, 0.25) is 0 Å². The fourth-order valence-electron chi connectivity index (χ4n) is 2.60. The Morgan fingerprint density at radius 2 is 2.20 bits per heavy atom. The molecule has 1 aromatic rings. The van der Waals surface area contributed by atoms with E-state index in [0.717, 1.165) is 16.9 Å². The van der Waals surface area contributed by atoms with Gasteiger partial charge in [0.25, 0.3) is 0 Å². The van der Waals surface area contributed by atoms with Crippen molar-refractivity contribution in [2.24, 2.45) is 5.73 Å². The Kier molecular flexibility index (Phi) is 4.67. The molecule has 1 aliphatic heterocycles. The molecule has 5 nitrogen and oxygen atoms in total. The SMILES string of the molecule is COc1ccc(CN)cc1CN(C)C1CCS(=O)(=O)C1. The molecule has 1 aromatic carbocycles. The van der Waals surface area contributed by atoms with E-state index in [4.69, 9.17) is 10.5 Å². The molecule has 1 heterocycles. The zero-order chi connectivity index (χ0) is 14.8. The van der Waals surface area contributed by atoms with Crippen molar-refractivity contribution in [3.8, 4) is 5.75 Å². The van der Waals surface area contributed by atoms with Gasteiger partial charge in [-0.1, -0.05) is 6.07 Å². The third kappa shape index (κ3) is 3.50. The van der Waals surface area contributed by atoms with Gasteiger partial charge in [-0.25, -0.2) is 8.42 Å². The van der Waals surface area contributed by atoms with Crippen LogP contribution in [0, 0.1) is 0 Å². The first kappa shape index (κ1) is 15.3. The highest BCUT2D eigenvalue weighted by atomic mass is 32.2. The van der Waals surface area contributed by atoms with E-state index < -0.39 is 9.84 Å². The van der Waals surface area contributed by atoms with Crippen molar-refractivity contribution in [1.29, 1.82) is 0 Å². The molecular formula is C14H22N2O3S. The number of rotatable bonds is 5. The molecule has 1 aliphatic rings. The van der Waals surface area contributed by atoms with Crippen LogP contribution in [0.15, 0.2) is 18.2 Å². The van der Waals surface area contributed by atoms with E-state index in [1.807, 2.05) is 25.2 Å². The second kappa shape index (κ2) is 6.11. The minimum absolute atomic E-state index is 0.0891. The molecular weight excluding hydrogens is 276 g/mol. The molecule has 0 bridgehead atoms. The summed E-state index contributed by atoms with van der Waals surface area (Å²) in [5.74, 6) is 1.36. The molecule has 0 aliphatic carbocycles. The van der Waals surface area contributed by atoms with Crippen LogP contribution in [-0.2, 0) is 22.9 Å². The van der Waals surface area contributed by atoms with Crippen LogP contribution in [0.4, 0.5) is 0 Å². The van der Waals surface area contributed by atoms with Crippen molar-refractivity contribution in [3.63, 3.8) is 0 Å². The molecule has 2 rings (SSSR count). The van der Waals surface area contributed by atoms with Crippen LogP contribution in [-0.4, -0.2) is 45.0 Å². The monoisotopic (exact) mass is 298 g/mol. The van der Waals surface area contributed by atoms with Crippen LogP contribution in [0.3, 0.4) is 0 Å². The maximum Gasteiger partial charge on any atom is 0.151 e. The quantitative estimate of drug-likeness (QED) is 0.869. The smallest absolute Gasteiger partial charge is 0.151 e. The fraction of sp³-hybridized carbons (Fsp3) is 0.571. The highest BCUT2D eigenvalue weighted by Crippen LogP contribution is 2.24. The lowest BCUT2D eigenvalue weighted by atomic mass is 10.1. The van der Waals surface area contributed by atoms with Crippen molar-refractivity contribution in [2.45, 2.75) is 25.6 Å². The number of nitrogens with zero attached hydrogens (tertiary/aromatic N) is 1. The van der Waals surface area contributed by atoms with Gasteiger partial charge in [0.1, 0.15) is 5.75 Å². The maximum absolute atomic E-state index is 11.6. The summed E-state index contributed by atoms with van der Waals surface area (Å²) < 4.78 is 28.5. The topological polar surface area (TPSA) is 72.6 Å². The Bertz CT molecular complexity index is 572. The molecule has 2 N–H and O–H groups in total. The molecule has 1 unspecified atom stereocenters. The van der Waals surface area contributed by atoms with Crippen LogP contribution in [0.1, 0.15) is 17.5 Å². The van der Waals surface area contributed by atoms with E-state index in [9.17, 15) is 8.42 Å². The highest BCUT2D eigenvalue weighted by Gasteiger charge is 2.30. The van der Waals surface area contributed by atoms with Crippen LogP contribution in [0.25, 0.3) is 0 Å². The molecule has 0 saturated carbocycles. The average Bonchev–Trinajstić information content (AvgIpc) is 2.79. The predicted octanol–water partition coefficient (Wildman–Crippen LogP) is 0.773. The second-order valence-electron chi connectivity index (χ2n) is 5.32. The molecule has 1 fully saturated rings. The predicted molar refractivity (Wildman–Crippen MR) is 79.4 cm³/mol. The molecule has 1 atom stereocenters. The fourth-order valence-corrected chi connectivity index (χ4v) is 4.41. The zero-order valence-electron chi connectivity index (χ0n) is 12.0. The Morgan fingerprint density at radius 3 is 2.75 bits per heavy atom. The van der Waals surface area contributed by atoms with Crippen molar-refractivity contribution in [2.75, 3.05) is 25.7 Å². The molecule has 0 aromatic heterocycles. The largest absolute Gasteiger partial charge is 0.496 e. The summed E-state index contributed by atoms with van der Waals surface area (Å²) in [4.78, 5) is 2.09. The molecule has 6 heteroatoms. The minimum atomic E-state index is -2.85. The third-order valence-corrected chi connectivity index (χ3v) is 5.58. The number of hydrogen-bond donors (Lipinski definition) is 1. The number of hydrogen-bond acceptors (Lipinski definition) is 5. The Hall–Kier alpha value is -1.11. The Balaban J connectivity index is 2.12. The van der Waals surface area contributed by atoms with Crippen molar-refractivity contribution < 1.29 is 13.2 Å². The van der Waals surface area contributed by atoms with Crippen molar-refractivity contribution >= 4 is 9.84 Å². The summed E-state index contributed by atoms with van der Waals surface area (Å²) in [5, 5.41) is 0. The second-order valence-corrected chi connectivity index (χ2v) is 7.55. The summed E-state index contributed by atoms with van der Waals surface area (Å²) in [7, 11) is 0.744. The molecule has 0 amide bonds. The third-order valence-electron chi connectivity index (χ3n) is 3.83. The lowest BCUT2D eigenvalue weighted by Crippen LogP contribution is -2.32. The summed E-state index contributed by atoms with van der Waals surface area (Å²) >= 11 is 0. The van der Waals surface area contributed by atoms with E-state index >= 15 is 0 Å². The molecule has 1 saturated heterocycles. The lowest BCUT2D eigenvalue weighted by molar-refractivity contribution is 0.250. The first-order valence-corrected chi connectivity index (χ1v) is 8.54. The number of nitrogens with two attached hydrogens (primary N) is 1. The van der Waals surface area contributed by atoms with Crippen molar-refractivity contribution in [3.05, 3.63) is 29.3 Å². The molecule has 0 spiro atoms. The first-order chi connectivity index (χ1) is 9.45. The average molecular weight is 298 g/mol. The molecule has 0 radical (unpaired) electrons. The van der Waals surface area contributed by atoms with Gasteiger partial charge in [-0.2, -0.15) is 0 Å². The van der Waals surface area contributed by atoms with Crippen LogP contribution >= 0.6 is 0 Å². The van der Waals surface area contributed by atoms with Gasteiger partial charge in [-0.05, 0) is 31.2 Å². The summed E-state index contributed by atoms with van der Waals surface area (Å²) in [6.45, 7) is 1.15. The molecule has 20 heavy (non-hydrogen) atoms. The van der Waals surface area contributed by atoms with Crippen LogP contribution < -0.4 is 10.5 Å². The number of ether oxygens (including phenoxy) is 1. The van der Waals surface area contributed by atoms with E-state index in [-0.39, 0.29) is 11.8 Å². The minimum Gasteiger partial charge on any atom is -0.496 e. The first-order valence-electron chi connectivity index (χ1n) is 6.71. The van der Waals surface area contributed by atoms with E-state index in [0.29, 0.717) is 25.3 Å². The number of methoxy groups -OCH3 is 1. The van der Waals surface area contributed by atoms with Gasteiger partial charge in [0, 0.05) is 24.7 Å². The summed E-state index contributed by atoms with van der Waals surface area (Å²) in [6.07, 6.45) is 0.706. The van der Waals surface area contributed by atoms with Crippen LogP contribution in [0.5, 0.6) is 5.75 Å². The van der Waals surface area contributed by atoms with Gasteiger partial charge in [-0.15, -0.1) is 0 Å². The molecule has 112 valence electrons. The Morgan fingerprint density at radius 1 is 1.45 bits per heavy atom. The van der Waals surface area contributed by atoms with E-state index in [1.165, 1.54) is 0 Å². The maximum atomic E-state index is 11.6. The van der Waals surface area contributed by atoms with E-state index in [1.54, 1.807) is 7.11 Å². The van der Waals surface area contributed by atoms with Crippen molar-refractivity contribution in [1.82, 2.24) is 4.90 Å². The number of sulfone groups is 1. The van der Waals surface area contributed by atoms with Gasteiger partial charge < -0.3 is 10.5 Å². The lowest BCUT2D eigenvalue weighted by Gasteiger charge is -2.24. The zero-order valence-corrected chi connectivity index (χ0v) is 12.8. The summed E-state index contributed by atoms with van der Waals surface area (Å²) in [6, 6.07) is 5.98. The normalized spacial score (nSPS) is 21.3. The standard InChI is InChI=1S/C14H22N2O3S/c1-16(13-5-6-20(17,18)10-13)9-12-7-11(8-15)3-4-14(12)19-2/h3-4,7,13H,5-6,8-10,15H2,1-2H3. The van der Waals surface area contributed by atoms with E-state index in [2.05, 4.69) is 4.90 Å². The van der Waals surface area contributed by atoms with Gasteiger partial charge >= 0.3 is 0 Å². The van der Waals surface area contributed by atoms with Gasteiger partial charge in [-0.3, -0.25) is 4.90 Å². The Labute approximate surface area is 120 Å². The number of benzene rings is 1. The van der Waals surface area contributed by atoms with Crippen LogP contribution in [0.2, 0.25) is 0 Å². The van der Waals surface area contributed by atoms with Gasteiger partial charge in [0.15, 0.2) is 9.84 Å². The summed E-state index contributed by atoms with van der Waals surface area (Å²) in [5.41, 5.74) is 7.76. The van der Waals surface area contributed by atoms with Gasteiger partial charge in [0.05, 0.1) is 18.6 Å². The highest BCUT2D eigenvalue weighted by molar-refractivity contribution is 7.91.